The maximum atomic E-state index is 11.7. The maximum Gasteiger partial charge on any atom is 0.258 e. The van der Waals surface area contributed by atoms with Gasteiger partial charge in [-0.25, -0.2) is 0 Å². The Morgan fingerprint density at radius 3 is 2.25 bits per heavy atom. The van der Waals surface area contributed by atoms with Crippen molar-refractivity contribution in [3.63, 3.8) is 0 Å². The van der Waals surface area contributed by atoms with E-state index in [1.807, 2.05) is 48.5 Å². The smallest absolute Gasteiger partial charge is 0.258 e. The molecule has 0 radical (unpaired) electrons. The van der Waals surface area contributed by atoms with Gasteiger partial charge in [0.15, 0.2) is 0 Å². The van der Waals surface area contributed by atoms with E-state index in [1.165, 1.54) is 6.08 Å². The highest BCUT2D eigenvalue weighted by molar-refractivity contribution is 7.80. The highest BCUT2D eigenvalue weighted by Crippen LogP contribution is 2.29. The minimum Gasteiger partial charge on any atom is -0.289 e. The predicted molar refractivity (Wildman–Crippen MR) is 80.3 cm³/mol. The molecule has 1 heterocycles. The summed E-state index contributed by atoms with van der Waals surface area (Å²) in [6, 6.07) is 15.5. The molecule has 2 aromatic carbocycles. The van der Waals surface area contributed by atoms with E-state index in [-0.39, 0.29) is 11.8 Å². The molecule has 0 spiro atoms. The topological polar surface area (TPSA) is 46.2 Å². The first-order valence-corrected chi connectivity index (χ1v) is 6.56. The van der Waals surface area contributed by atoms with Gasteiger partial charge in [0.05, 0.1) is 5.57 Å². The fourth-order valence-electron chi connectivity index (χ4n) is 2.18. The van der Waals surface area contributed by atoms with Gasteiger partial charge in [0.25, 0.3) is 11.8 Å². The van der Waals surface area contributed by atoms with Crippen molar-refractivity contribution in [2.24, 2.45) is 0 Å². The van der Waals surface area contributed by atoms with Crippen molar-refractivity contribution in [1.82, 2.24) is 5.32 Å². The number of thiol groups is 1. The lowest BCUT2D eigenvalue weighted by Crippen LogP contribution is -2.21. The number of imide groups is 1. The average molecular weight is 281 g/mol. The number of benzene rings is 2. The summed E-state index contributed by atoms with van der Waals surface area (Å²) < 4.78 is 0. The second-order valence-corrected chi connectivity index (χ2v) is 4.96. The van der Waals surface area contributed by atoms with E-state index in [2.05, 4.69) is 17.9 Å². The fourth-order valence-corrected chi connectivity index (χ4v) is 2.52. The number of rotatable bonds is 2. The van der Waals surface area contributed by atoms with Crippen LogP contribution in [0.5, 0.6) is 0 Å². The molecule has 0 atom stereocenters. The second-order valence-electron chi connectivity index (χ2n) is 4.47. The van der Waals surface area contributed by atoms with Crippen molar-refractivity contribution in [2.45, 2.75) is 4.90 Å². The molecule has 0 unspecified atom stereocenters. The van der Waals surface area contributed by atoms with Crippen molar-refractivity contribution in [3.8, 4) is 11.1 Å². The molecule has 0 bridgehead atoms. The van der Waals surface area contributed by atoms with Gasteiger partial charge in [-0.1, -0.05) is 42.5 Å². The summed E-state index contributed by atoms with van der Waals surface area (Å²) in [5.74, 6) is -0.761. The van der Waals surface area contributed by atoms with Crippen molar-refractivity contribution >= 4 is 30.0 Å². The third-order valence-electron chi connectivity index (χ3n) is 3.15. The molecule has 3 rings (SSSR count). The number of amides is 2. The molecule has 2 amide bonds. The summed E-state index contributed by atoms with van der Waals surface area (Å²) in [7, 11) is 0. The van der Waals surface area contributed by atoms with Gasteiger partial charge in [0.2, 0.25) is 0 Å². The van der Waals surface area contributed by atoms with Gasteiger partial charge in [0, 0.05) is 16.5 Å². The first kappa shape index (κ1) is 12.7. The van der Waals surface area contributed by atoms with E-state index in [0.717, 1.165) is 11.1 Å². The van der Waals surface area contributed by atoms with Crippen LogP contribution < -0.4 is 5.32 Å². The van der Waals surface area contributed by atoms with Crippen molar-refractivity contribution in [2.75, 3.05) is 0 Å². The average Bonchev–Trinajstić information content (AvgIpc) is 2.78. The monoisotopic (exact) mass is 281 g/mol. The van der Waals surface area contributed by atoms with Crippen LogP contribution in [-0.2, 0) is 9.59 Å². The Bertz CT molecular complexity index is 735. The Balaban J connectivity index is 2.03. The Labute approximate surface area is 121 Å². The molecule has 20 heavy (non-hydrogen) atoms. The molecule has 0 aliphatic carbocycles. The van der Waals surface area contributed by atoms with Crippen molar-refractivity contribution < 1.29 is 9.59 Å². The second kappa shape index (κ2) is 4.98. The summed E-state index contributed by atoms with van der Waals surface area (Å²) in [4.78, 5) is 23.5. The van der Waals surface area contributed by atoms with E-state index in [1.54, 1.807) is 0 Å². The van der Waals surface area contributed by atoms with Gasteiger partial charge >= 0.3 is 0 Å². The summed E-state index contributed by atoms with van der Waals surface area (Å²) >= 11 is 4.43. The lowest BCUT2D eigenvalue weighted by atomic mass is 10.0. The molecule has 0 fully saturated rings. The minimum absolute atomic E-state index is 0.361. The van der Waals surface area contributed by atoms with Crippen LogP contribution >= 0.6 is 12.6 Å². The third-order valence-corrected chi connectivity index (χ3v) is 3.52. The van der Waals surface area contributed by atoms with Crippen LogP contribution in [0.2, 0.25) is 0 Å². The van der Waals surface area contributed by atoms with E-state index < -0.39 is 0 Å². The number of hydrogen-bond donors (Lipinski definition) is 2. The SMILES string of the molecule is O=C1C=C(c2ccc(-c3ccccc3)cc2S)C(=O)N1. The summed E-state index contributed by atoms with van der Waals surface area (Å²) in [6.45, 7) is 0. The molecular weight excluding hydrogens is 270 g/mol. The highest BCUT2D eigenvalue weighted by atomic mass is 32.1. The van der Waals surface area contributed by atoms with Crippen molar-refractivity contribution in [3.05, 3.63) is 60.2 Å². The molecule has 0 saturated heterocycles. The van der Waals surface area contributed by atoms with E-state index >= 15 is 0 Å². The molecule has 1 N–H and O–H groups in total. The standard InChI is InChI=1S/C16H11NO2S/c18-15-9-13(16(19)17-15)12-7-6-11(8-14(12)20)10-4-2-1-3-5-10/h1-9,20H,(H,17,18,19). The molecule has 0 aromatic heterocycles. The summed E-state index contributed by atoms with van der Waals surface area (Å²) in [6.07, 6.45) is 1.31. The number of carbonyl (C=O) groups is 2. The molecule has 1 aliphatic heterocycles. The maximum absolute atomic E-state index is 11.7. The minimum atomic E-state index is -0.384. The zero-order valence-electron chi connectivity index (χ0n) is 10.5. The van der Waals surface area contributed by atoms with Gasteiger partial charge in [-0.3, -0.25) is 14.9 Å². The number of carbonyl (C=O) groups excluding carboxylic acids is 2. The third kappa shape index (κ3) is 2.26. The quantitative estimate of drug-likeness (QED) is 0.656. The van der Waals surface area contributed by atoms with Crippen molar-refractivity contribution in [1.29, 1.82) is 0 Å². The van der Waals surface area contributed by atoms with Gasteiger partial charge in [0.1, 0.15) is 0 Å². The molecule has 4 heteroatoms. The van der Waals surface area contributed by atoms with Crippen LogP contribution in [0.1, 0.15) is 5.56 Å². The largest absolute Gasteiger partial charge is 0.289 e. The Morgan fingerprint density at radius 1 is 0.900 bits per heavy atom. The number of hydrogen-bond acceptors (Lipinski definition) is 3. The molecule has 1 aliphatic rings. The molecule has 3 nitrogen and oxygen atoms in total. The van der Waals surface area contributed by atoms with Crippen LogP contribution in [-0.4, -0.2) is 11.8 Å². The predicted octanol–water partition coefficient (Wildman–Crippen LogP) is 2.68. The highest BCUT2D eigenvalue weighted by Gasteiger charge is 2.23. The van der Waals surface area contributed by atoms with Crippen LogP contribution in [0.25, 0.3) is 16.7 Å². The Hall–Kier alpha value is -2.33. The lowest BCUT2D eigenvalue weighted by molar-refractivity contribution is -0.123. The molecule has 2 aromatic rings. The van der Waals surface area contributed by atoms with Crippen LogP contribution in [0.3, 0.4) is 0 Å². The molecular formula is C16H11NO2S. The molecule has 98 valence electrons. The van der Waals surface area contributed by atoms with Gasteiger partial charge in [-0.2, -0.15) is 0 Å². The van der Waals surface area contributed by atoms with E-state index in [9.17, 15) is 9.59 Å². The fraction of sp³-hybridized carbons (Fsp3) is 0. The first-order valence-electron chi connectivity index (χ1n) is 6.11. The zero-order chi connectivity index (χ0) is 14.1. The first-order chi connectivity index (χ1) is 9.65. The zero-order valence-corrected chi connectivity index (χ0v) is 11.4. The van der Waals surface area contributed by atoms with Gasteiger partial charge in [-0.05, 0) is 17.2 Å². The summed E-state index contributed by atoms with van der Waals surface area (Å²) in [5, 5.41) is 2.23. The number of nitrogens with one attached hydrogen (secondary N) is 1. The van der Waals surface area contributed by atoms with Gasteiger partial charge < -0.3 is 0 Å². The normalized spacial score (nSPS) is 14.2. The van der Waals surface area contributed by atoms with E-state index in [4.69, 9.17) is 0 Å². The lowest BCUT2D eigenvalue weighted by Gasteiger charge is -2.08. The molecule has 0 saturated carbocycles. The van der Waals surface area contributed by atoms with Crippen LogP contribution in [0, 0.1) is 0 Å². The Kier molecular flexibility index (Phi) is 3.16. The van der Waals surface area contributed by atoms with Crippen LogP contribution in [0.15, 0.2) is 59.5 Å². The summed E-state index contributed by atoms with van der Waals surface area (Å²) in [5.41, 5.74) is 3.12. The van der Waals surface area contributed by atoms with E-state index in [0.29, 0.717) is 16.0 Å². The van der Waals surface area contributed by atoms with Crippen LogP contribution in [0.4, 0.5) is 0 Å². The van der Waals surface area contributed by atoms with Gasteiger partial charge in [-0.15, -0.1) is 12.6 Å². The Morgan fingerprint density at radius 2 is 1.65 bits per heavy atom.